The van der Waals surface area contributed by atoms with Crippen LogP contribution in [0.2, 0.25) is 0 Å². The van der Waals surface area contributed by atoms with Crippen molar-refractivity contribution in [2.75, 3.05) is 0 Å². The highest BCUT2D eigenvalue weighted by molar-refractivity contribution is 5.92. The Morgan fingerprint density at radius 2 is 1.66 bits per heavy atom. The predicted molar refractivity (Wildman–Crippen MR) is 108 cm³/mol. The molecule has 0 saturated heterocycles. The Hall–Kier alpha value is -2.97. The van der Waals surface area contributed by atoms with Gasteiger partial charge in [-0.25, -0.2) is 5.48 Å². The lowest BCUT2D eigenvalue weighted by molar-refractivity contribution is -0.146. The van der Waals surface area contributed by atoms with E-state index >= 15 is 0 Å². The van der Waals surface area contributed by atoms with E-state index in [1.165, 1.54) is 5.48 Å². The number of fused-ring (bicyclic) bond motifs is 1. The van der Waals surface area contributed by atoms with Gasteiger partial charge in [0.05, 0.1) is 5.92 Å². The summed E-state index contributed by atoms with van der Waals surface area (Å²) in [5.41, 5.74) is 6.81. The van der Waals surface area contributed by atoms with Crippen molar-refractivity contribution in [3.63, 3.8) is 0 Å². The lowest BCUT2D eigenvalue weighted by Gasteiger charge is -2.31. The molecule has 0 aromatic heterocycles. The van der Waals surface area contributed by atoms with E-state index in [-0.39, 0.29) is 6.42 Å². The number of hydrogen-bond donors (Lipinski definition) is 5. The molecule has 2 aromatic rings. The lowest BCUT2D eigenvalue weighted by atomic mass is 9.85. The van der Waals surface area contributed by atoms with Crippen LogP contribution in [0.4, 0.5) is 0 Å². The number of primary amides is 1. The molecular weight excluding hydrogens is 374 g/mol. The zero-order valence-corrected chi connectivity index (χ0v) is 16.7. The number of amides is 3. The van der Waals surface area contributed by atoms with Gasteiger partial charge in [-0.05, 0) is 28.2 Å². The van der Waals surface area contributed by atoms with Gasteiger partial charge < -0.3 is 16.2 Å². The summed E-state index contributed by atoms with van der Waals surface area (Å²) in [5, 5.41) is 23.7. The molecule has 0 bridgehead atoms. The second-order valence-electron chi connectivity index (χ2n) is 8.12. The Bertz CT molecular complexity index is 907. The highest BCUT2D eigenvalue weighted by Gasteiger charge is 2.37. The van der Waals surface area contributed by atoms with E-state index in [4.69, 9.17) is 10.9 Å². The summed E-state index contributed by atoms with van der Waals surface area (Å²) in [6.45, 7) is 5.20. The second kappa shape index (κ2) is 9.02. The highest BCUT2D eigenvalue weighted by Crippen LogP contribution is 2.22. The molecule has 0 aliphatic carbocycles. The van der Waals surface area contributed by atoms with E-state index in [1.54, 1.807) is 26.8 Å². The SMILES string of the molecule is CC(C)(C)[C@H](NC(=O)[C@H](Cc1ccc2ccccc2c1)[C@H](O)C(=O)NO)C(N)=O. The zero-order valence-electron chi connectivity index (χ0n) is 16.7. The molecular formula is C21H27N3O5. The van der Waals surface area contributed by atoms with Crippen LogP contribution >= 0.6 is 0 Å². The molecule has 2 rings (SSSR count). The van der Waals surface area contributed by atoms with Gasteiger partial charge in [0.1, 0.15) is 12.1 Å². The molecule has 8 heteroatoms. The van der Waals surface area contributed by atoms with Crippen molar-refractivity contribution < 1.29 is 24.7 Å². The fraction of sp³-hybridized carbons (Fsp3) is 0.381. The minimum atomic E-state index is -1.82. The van der Waals surface area contributed by atoms with Crippen molar-refractivity contribution in [2.24, 2.45) is 17.1 Å². The number of hydroxylamine groups is 1. The van der Waals surface area contributed by atoms with Crippen LogP contribution in [-0.2, 0) is 20.8 Å². The summed E-state index contributed by atoms with van der Waals surface area (Å²) < 4.78 is 0. The van der Waals surface area contributed by atoms with Crippen LogP contribution in [0.3, 0.4) is 0 Å². The maximum Gasteiger partial charge on any atom is 0.272 e. The number of nitrogens with one attached hydrogen (secondary N) is 2. The third kappa shape index (κ3) is 5.52. The summed E-state index contributed by atoms with van der Waals surface area (Å²) in [6.07, 6.45) is -1.80. The molecule has 0 unspecified atom stereocenters. The van der Waals surface area contributed by atoms with Crippen LogP contribution in [0.5, 0.6) is 0 Å². The summed E-state index contributed by atoms with van der Waals surface area (Å²) >= 11 is 0. The average molecular weight is 401 g/mol. The third-order valence-corrected chi connectivity index (χ3v) is 4.80. The van der Waals surface area contributed by atoms with Gasteiger partial charge in [-0.3, -0.25) is 19.6 Å². The molecule has 0 fully saturated rings. The third-order valence-electron chi connectivity index (χ3n) is 4.80. The molecule has 8 nitrogen and oxygen atoms in total. The number of rotatable bonds is 7. The van der Waals surface area contributed by atoms with Crippen molar-refractivity contribution in [1.29, 1.82) is 0 Å². The minimum absolute atomic E-state index is 0.0148. The van der Waals surface area contributed by atoms with Crippen LogP contribution < -0.4 is 16.5 Å². The molecule has 0 heterocycles. The number of aliphatic hydroxyl groups excluding tert-OH is 1. The van der Waals surface area contributed by atoms with Crippen LogP contribution in [0.25, 0.3) is 10.8 Å². The first kappa shape index (κ1) is 22.3. The van der Waals surface area contributed by atoms with Crippen molar-refractivity contribution in [3.8, 4) is 0 Å². The van der Waals surface area contributed by atoms with Gasteiger partial charge in [0, 0.05) is 0 Å². The highest BCUT2D eigenvalue weighted by atomic mass is 16.5. The van der Waals surface area contributed by atoms with Gasteiger partial charge in [-0.1, -0.05) is 63.2 Å². The summed E-state index contributed by atoms with van der Waals surface area (Å²) in [4.78, 5) is 36.5. The number of benzene rings is 2. The average Bonchev–Trinajstić information content (AvgIpc) is 2.67. The minimum Gasteiger partial charge on any atom is -0.382 e. The van der Waals surface area contributed by atoms with Crippen LogP contribution in [0.15, 0.2) is 42.5 Å². The Balaban J connectivity index is 2.33. The van der Waals surface area contributed by atoms with Gasteiger partial charge in [0.15, 0.2) is 0 Å². The largest absolute Gasteiger partial charge is 0.382 e. The van der Waals surface area contributed by atoms with Gasteiger partial charge in [-0.2, -0.15) is 0 Å². The van der Waals surface area contributed by atoms with Gasteiger partial charge in [0.2, 0.25) is 11.8 Å². The molecule has 6 N–H and O–H groups in total. The zero-order chi connectivity index (χ0) is 21.8. The summed E-state index contributed by atoms with van der Waals surface area (Å²) in [6, 6.07) is 12.2. The van der Waals surface area contributed by atoms with E-state index in [0.29, 0.717) is 5.56 Å². The first-order valence-electron chi connectivity index (χ1n) is 9.24. The molecule has 3 amide bonds. The molecule has 0 radical (unpaired) electrons. The molecule has 0 aliphatic heterocycles. The van der Waals surface area contributed by atoms with E-state index in [0.717, 1.165) is 10.8 Å². The molecule has 0 saturated carbocycles. The standard InChI is InChI=1S/C21H27N3O5/c1-21(2,3)17(18(22)26)23-19(27)15(16(25)20(28)24-29)11-12-8-9-13-6-4-5-7-14(13)10-12/h4-10,15-17,25,29H,11H2,1-3H3,(H2,22,26)(H,23,27)(H,24,28)/t15-,16+,17-/m1/s1. The van der Waals surface area contributed by atoms with E-state index in [9.17, 15) is 19.5 Å². The predicted octanol–water partition coefficient (Wildman–Crippen LogP) is 0.881. The quantitative estimate of drug-likeness (QED) is 0.346. The second-order valence-corrected chi connectivity index (χ2v) is 8.12. The van der Waals surface area contributed by atoms with Crippen LogP contribution in [0, 0.1) is 11.3 Å². The molecule has 0 aliphatic rings. The van der Waals surface area contributed by atoms with Gasteiger partial charge in [0.25, 0.3) is 5.91 Å². The normalized spacial score (nSPS) is 14.7. The molecule has 2 aromatic carbocycles. The van der Waals surface area contributed by atoms with Crippen molar-refractivity contribution in [3.05, 3.63) is 48.0 Å². The topological polar surface area (TPSA) is 142 Å². The first-order valence-corrected chi connectivity index (χ1v) is 9.24. The van der Waals surface area contributed by atoms with Crippen molar-refractivity contribution in [1.82, 2.24) is 10.8 Å². The summed E-state index contributed by atoms with van der Waals surface area (Å²) in [5.74, 6) is -3.80. The fourth-order valence-electron chi connectivity index (χ4n) is 3.18. The Morgan fingerprint density at radius 1 is 1.03 bits per heavy atom. The van der Waals surface area contributed by atoms with Crippen molar-refractivity contribution in [2.45, 2.75) is 39.3 Å². The van der Waals surface area contributed by atoms with Crippen molar-refractivity contribution >= 4 is 28.5 Å². The molecule has 156 valence electrons. The maximum atomic E-state index is 12.9. The van der Waals surface area contributed by atoms with Gasteiger partial charge >= 0.3 is 0 Å². The Labute approximate surface area is 169 Å². The number of hydrogen-bond acceptors (Lipinski definition) is 5. The molecule has 3 atom stereocenters. The number of nitrogens with two attached hydrogens (primary N) is 1. The molecule has 29 heavy (non-hydrogen) atoms. The van der Waals surface area contributed by atoms with E-state index in [1.807, 2.05) is 36.4 Å². The smallest absolute Gasteiger partial charge is 0.272 e. The Morgan fingerprint density at radius 3 is 2.21 bits per heavy atom. The first-order chi connectivity index (χ1) is 13.5. The Kier molecular flexibility index (Phi) is 6.94. The maximum absolute atomic E-state index is 12.9. The number of carbonyl (C=O) groups excluding carboxylic acids is 3. The molecule has 0 spiro atoms. The van der Waals surface area contributed by atoms with Crippen LogP contribution in [-0.4, -0.2) is 40.2 Å². The van der Waals surface area contributed by atoms with E-state index in [2.05, 4.69) is 5.32 Å². The monoisotopic (exact) mass is 401 g/mol. The lowest BCUT2D eigenvalue weighted by Crippen LogP contribution is -2.56. The van der Waals surface area contributed by atoms with Crippen LogP contribution in [0.1, 0.15) is 26.3 Å². The summed E-state index contributed by atoms with van der Waals surface area (Å²) in [7, 11) is 0. The number of aliphatic hydroxyl groups is 1. The number of carbonyl (C=O) groups is 3. The van der Waals surface area contributed by atoms with E-state index < -0.39 is 41.2 Å². The van der Waals surface area contributed by atoms with Gasteiger partial charge in [-0.15, -0.1) is 0 Å². The fourth-order valence-corrected chi connectivity index (χ4v) is 3.18.